The maximum Gasteiger partial charge on any atom is 0.167 e. The molecule has 0 bridgehead atoms. The van der Waals surface area contributed by atoms with Crippen LogP contribution < -0.4 is 0 Å². The number of para-hydroxylation sites is 2. The van der Waals surface area contributed by atoms with E-state index in [1.807, 2.05) is 23.9 Å². The van der Waals surface area contributed by atoms with Gasteiger partial charge in [0.15, 0.2) is 5.16 Å². The number of aromatic amines is 1. The van der Waals surface area contributed by atoms with Crippen LogP contribution in [0.2, 0.25) is 0 Å². The summed E-state index contributed by atoms with van der Waals surface area (Å²) < 4.78 is 0. The molecular weight excluding hydrogens is 266 g/mol. The molecule has 0 aliphatic carbocycles. The second-order valence-electron chi connectivity index (χ2n) is 5.16. The Balaban J connectivity index is 1.89. The minimum absolute atomic E-state index is 1.03. The summed E-state index contributed by atoms with van der Waals surface area (Å²) >= 11 is 1.81. The van der Waals surface area contributed by atoms with Gasteiger partial charge in [-0.1, -0.05) is 50.6 Å². The van der Waals surface area contributed by atoms with Crippen molar-refractivity contribution >= 4 is 22.8 Å². The van der Waals surface area contributed by atoms with Gasteiger partial charge in [0, 0.05) is 0 Å². The molecule has 2 rings (SSSR count). The molecule has 0 aliphatic heterocycles. The molecule has 20 heavy (non-hydrogen) atoms. The van der Waals surface area contributed by atoms with Crippen molar-refractivity contribution in [2.24, 2.45) is 0 Å². The SMILES string of the molecule is CCCCN(CCCC)CSc1nc2ccccc2[nH]1. The molecule has 0 spiro atoms. The number of thioether (sulfide) groups is 1. The van der Waals surface area contributed by atoms with Crippen LogP contribution >= 0.6 is 11.8 Å². The first-order chi connectivity index (χ1) is 9.83. The molecule has 0 atom stereocenters. The maximum atomic E-state index is 4.63. The van der Waals surface area contributed by atoms with E-state index in [1.165, 1.54) is 38.8 Å². The van der Waals surface area contributed by atoms with Gasteiger partial charge in [0.25, 0.3) is 0 Å². The predicted molar refractivity (Wildman–Crippen MR) is 88.2 cm³/mol. The van der Waals surface area contributed by atoms with Gasteiger partial charge in [0.05, 0.1) is 16.9 Å². The lowest BCUT2D eigenvalue weighted by Gasteiger charge is -2.20. The van der Waals surface area contributed by atoms with Crippen molar-refractivity contribution in [1.29, 1.82) is 0 Å². The van der Waals surface area contributed by atoms with Gasteiger partial charge in [-0.15, -0.1) is 0 Å². The van der Waals surface area contributed by atoms with Crippen LogP contribution in [0.4, 0.5) is 0 Å². The number of nitrogens with one attached hydrogen (secondary N) is 1. The lowest BCUT2D eigenvalue weighted by Crippen LogP contribution is -2.25. The van der Waals surface area contributed by atoms with Crippen LogP contribution in [0.1, 0.15) is 39.5 Å². The molecule has 1 N–H and O–H groups in total. The molecule has 3 nitrogen and oxygen atoms in total. The Morgan fingerprint density at radius 3 is 2.45 bits per heavy atom. The number of fused-ring (bicyclic) bond motifs is 1. The molecular formula is C16H25N3S. The predicted octanol–water partition coefficient (Wildman–Crippen LogP) is 4.51. The quantitative estimate of drug-likeness (QED) is 0.545. The molecule has 1 aromatic carbocycles. The fourth-order valence-electron chi connectivity index (χ4n) is 2.15. The Morgan fingerprint density at radius 1 is 1.10 bits per heavy atom. The Labute approximate surface area is 126 Å². The summed E-state index contributed by atoms with van der Waals surface area (Å²) in [5.74, 6) is 1.03. The topological polar surface area (TPSA) is 31.9 Å². The molecule has 0 fully saturated rings. The molecule has 1 aromatic heterocycles. The standard InChI is InChI=1S/C16H25N3S/c1-3-5-11-19(12-6-4-2)13-20-16-17-14-9-7-8-10-15(14)18-16/h7-10H,3-6,11-13H2,1-2H3,(H,17,18). The van der Waals surface area contributed by atoms with E-state index < -0.39 is 0 Å². The maximum absolute atomic E-state index is 4.63. The summed E-state index contributed by atoms with van der Waals surface area (Å²) in [6.07, 6.45) is 5.09. The molecule has 1 heterocycles. The van der Waals surface area contributed by atoms with Crippen molar-refractivity contribution in [1.82, 2.24) is 14.9 Å². The van der Waals surface area contributed by atoms with E-state index in [1.54, 1.807) is 0 Å². The number of hydrogen-bond acceptors (Lipinski definition) is 3. The highest BCUT2D eigenvalue weighted by molar-refractivity contribution is 7.99. The number of imidazole rings is 1. The number of hydrogen-bond donors (Lipinski definition) is 1. The summed E-state index contributed by atoms with van der Waals surface area (Å²) in [4.78, 5) is 10.6. The first-order valence-corrected chi connectivity index (χ1v) is 8.62. The zero-order valence-electron chi connectivity index (χ0n) is 12.6. The van der Waals surface area contributed by atoms with Crippen molar-refractivity contribution in [3.05, 3.63) is 24.3 Å². The number of rotatable bonds is 9. The molecule has 0 radical (unpaired) electrons. The van der Waals surface area contributed by atoms with Crippen molar-refractivity contribution in [2.45, 2.75) is 44.7 Å². The molecule has 4 heteroatoms. The average Bonchev–Trinajstić information content (AvgIpc) is 2.89. The highest BCUT2D eigenvalue weighted by atomic mass is 32.2. The normalized spacial score (nSPS) is 11.6. The fraction of sp³-hybridized carbons (Fsp3) is 0.562. The largest absolute Gasteiger partial charge is 0.333 e. The summed E-state index contributed by atoms with van der Waals surface area (Å²) in [7, 11) is 0. The smallest absolute Gasteiger partial charge is 0.167 e. The zero-order chi connectivity index (χ0) is 14.2. The molecule has 0 aliphatic rings. The number of nitrogens with zero attached hydrogens (tertiary/aromatic N) is 2. The number of aromatic nitrogens is 2. The summed E-state index contributed by atoms with van der Waals surface area (Å²) in [5.41, 5.74) is 2.19. The van der Waals surface area contributed by atoms with Gasteiger partial charge in [-0.25, -0.2) is 4.98 Å². The van der Waals surface area contributed by atoms with E-state index in [9.17, 15) is 0 Å². The average molecular weight is 291 g/mol. The highest BCUT2D eigenvalue weighted by Gasteiger charge is 2.07. The van der Waals surface area contributed by atoms with E-state index >= 15 is 0 Å². The van der Waals surface area contributed by atoms with Gasteiger partial charge < -0.3 is 4.98 Å². The second kappa shape index (κ2) is 8.32. The van der Waals surface area contributed by atoms with Crippen molar-refractivity contribution < 1.29 is 0 Å². The van der Waals surface area contributed by atoms with Crippen molar-refractivity contribution in [3.63, 3.8) is 0 Å². The molecule has 2 aromatic rings. The van der Waals surface area contributed by atoms with E-state index in [4.69, 9.17) is 0 Å². The Kier molecular flexibility index (Phi) is 6.40. The molecule has 0 saturated heterocycles. The van der Waals surface area contributed by atoms with Crippen molar-refractivity contribution in [3.8, 4) is 0 Å². The van der Waals surface area contributed by atoms with Gasteiger partial charge in [0.2, 0.25) is 0 Å². The first-order valence-electron chi connectivity index (χ1n) is 7.63. The van der Waals surface area contributed by atoms with E-state index in [0.29, 0.717) is 0 Å². The lowest BCUT2D eigenvalue weighted by molar-refractivity contribution is 0.309. The van der Waals surface area contributed by atoms with Gasteiger partial charge in [0.1, 0.15) is 0 Å². The molecule has 0 amide bonds. The summed E-state index contributed by atoms with van der Waals surface area (Å²) in [6, 6.07) is 8.22. The lowest BCUT2D eigenvalue weighted by atomic mass is 10.3. The number of H-pyrrole nitrogens is 1. The monoisotopic (exact) mass is 291 g/mol. The Hall–Kier alpha value is -1.00. The summed E-state index contributed by atoms with van der Waals surface area (Å²) in [6.45, 7) is 6.91. The van der Waals surface area contributed by atoms with Crippen LogP contribution in [-0.4, -0.2) is 33.8 Å². The molecule has 110 valence electrons. The van der Waals surface area contributed by atoms with Crippen LogP contribution in [0.25, 0.3) is 11.0 Å². The third-order valence-corrected chi connectivity index (χ3v) is 4.37. The van der Waals surface area contributed by atoms with Gasteiger partial charge >= 0.3 is 0 Å². The van der Waals surface area contributed by atoms with Crippen LogP contribution in [-0.2, 0) is 0 Å². The molecule has 0 unspecified atom stereocenters. The minimum atomic E-state index is 1.03. The van der Waals surface area contributed by atoms with Crippen LogP contribution in [0.15, 0.2) is 29.4 Å². The Morgan fingerprint density at radius 2 is 1.80 bits per heavy atom. The van der Waals surface area contributed by atoms with Gasteiger partial charge in [-0.3, -0.25) is 4.90 Å². The fourth-order valence-corrected chi connectivity index (χ4v) is 3.06. The Bertz CT molecular complexity index is 468. The van der Waals surface area contributed by atoms with Crippen LogP contribution in [0.3, 0.4) is 0 Å². The van der Waals surface area contributed by atoms with E-state index in [2.05, 4.69) is 40.8 Å². The van der Waals surface area contributed by atoms with Gasteiger partial charge in [-0.2, -0.15) is 0 Å². The highest BCUT2D eigenvalue weighted by Crippen LogP contribution is 2.20. The van der Waals surface area contributed by atoms with Crippen LogP contribution in [0.5, 0.6) is 0 Å². The van der Waals surface area contributed by atoms with E-state index in [-0.39, 0.29) is 0 Å². The minimum Gasteiger partial charge on any atom is -0.333 e. The summed E-state index contributed by atoms with van der Waals surface area (Å²) in [5, 5.41) is 1.03. The van der Waals surface area contributed by atoms with Gasteiger partial charge in [-0.05, 0) is 38.1 Å². The first kappa shape index (κ1) is 15.4. The number of benzene rings is 1. The third-order valence-electron chi connectivity index (χ3n) is 3.41. The third kappa shape index (κ3) is 4.53. The van der Waals surface area contributed by atoms with Crippen LogP contribution in [0, 0.1) is 0 Å². The van der Waals surface area contributed by atoms with E-state index in [0.717, 1.165) is 22.1 Å². The second-order valence-corrected chi connectivity index (χ2v) is 6.09. The zero-order valence-corrected chi connectivity index (χ0v) is 13.4. The molecule has 0 saturated carbocycles. The number of unbranched alkanes of at least 4 members (excludes halogenated alkanes) is 2. The van der Waals surface area contributed by atoms with Crippen molar-refractivity contribution in [2.75, 3.05) is 19.0 Å².